The molecule has 2 N–H and O–H groups in total. The van der Waals surface area contributed by atoms with Gasteiger partial charge in [-0.15, -0.1) is 0 Å². The van der Waals surface area contributed by atoms with E-state index in [9.17, 15) is 4.79 Å². The number of anilines is 1. The van der Waals surface area contributed by atoms with Crippen LogP contribution in [0.1, 0.15) is 32.0 Å². The molecule has 1 aromatic carbocycles. The molecule has 122 valence electrons. The lowest BCUT2D eigenvalue weighted by Gasteiger charge is -2.14. The van der Waals surface area contributed by atoms with Gasteiger partial charge in [-0.25, -0.2) is 0 Å². The molecule has 0 aliphatic carbocycles. The highest BCUT2D eigenvalue weighted by molar-refractivity contribution is 5.80. The Labute approximate surface area is 136 Å². The van der Waals surface area contributed by atoms with E-state index < -0.39 is 0 Å². The van der Waals surface area contributed by atoms with Crippen molar-refractivity contribution in [2.45, 2.75) is 33.1 Å². The molecule has 2 aromatic heterocycles. The molecule has 3 aromatic rings. The van der Waals surface area contributed by atoms with E-state index in [0.717, 1.165) is 5.69 Å². The van der Waals surface area contributed by atoms with Gasteiger partial charge < -0.3 is 9.88 Å². The van der Waals surface area contributed by atoms with E-state index in [0.29, 0.717) is 12.2 Å². The summed E-state index contributed by atoms with van der Waals surface area (Å²) >= 11 is 0. The second-order valence-electron chi connectivity index (χ2n) is 6.67. The predicted octanol–water partition coefficient (Wildman–Crippen LogP) is 3.76. The van der Waals surface area contributed by atoms with Crippen LogP contribution in [0.2, 0.25) is 0 Å². The van der Waals surface area contributed by atoms with Gasteiger partial charge in [0.2, 0.25) is 6.41 Å². The first kappa shape index (κ1) is 16.8. The number of hydrogen-bond donors (Lipinski definition) is 2. The largest absolute Gasteiger partial charge is 0.351 e. The van der Waals surface area contributed by atoms with Crippen LogP contribution < -0.4 is 5.32 Å². The van der Waals surface area contributed by atoms with Gasteiger partial charge >= 0.3 is 0 Å². The van der Waals surface area contributed by atoms with Crippen LogP contribution in [-0.2, 0) is 17.3 Å². The Hall–Kier alpha value is -2.56. The van der Waals surface area contributed by atoms with Crippen molar-refractivity contribution in [2.24, 2.45) is 7.05 Å². The lowest BCUT2D eigenvalue weighted by atomic mass is 9.92. The highest BCUT2D eigenvalue weighted by Crippen LogP contribution is 2.21. The first-order chi connectivity index (χ1) is 10.8. The highest BCUT2D eigenvalue weighted by atomic mass is 16.1. The molecule has 2 heterocycles. The van der Waals surface area contributed by atoms with Crippen LogP contribution in [0.4, 0.5) is 5.82 Å². The summed E-state index contributed by atoms with van der Waals surface area (Å²) in [6, 6.07) is 10.5. The predicted molar refractivity (Wildman–Crippen MR) is 94.6 cm³/mol. The molecule has 0 fully saturated rings. The van der Waals surface area contributed by atoms with Gasteiger partial charge in [0.05, 0.1) is 0 Å². The first-order valence-electron chi connectivity index (χ1n) is 7.59. The van der Waals surface area contributed by atoms with Crippen molar-refractivity contribution in [1.82, 2.24) is 14.8 Å². The Kier molecular flexibility index (Phi) is 4.89. The molecule has 0 saturated heterocycles. The van der Waals surface area contributed by atoms with Gasteiger partial charge in [-0.1, -0.05) is 32.4 Å². The van der Waals surface area contributed by atoms with E-state index in [-0.39, 0.29) is 5.41 Å². The summed E-state index contributed by atoms with van der Waals surface area (Å²) in [5.74, 6) is 0.565. The Bertz CT molecular complexity index is 793. The standard InChI is InChI=1S/C10H11N.C8H13N3O/c1-8-3-4-10-9(7-8)5-6-11(10)2;1-8(2,3)6-4-7(9-5-12)11-10-6/h3-7H,1-2H3;4-5H,1-3H3,(H2,9,10,11,12). The summed E-state index contributed by atoms with van der Waals surface area (Å²) in [6.45, 7) is 8.34. The Morgan fingerprint density at radius 2 is 1.96 bits per heavy atom. The molecule has 0 bridgehead atoms. The number of aromatic amines is 1. The smallest absolute Gasteiger partial charge is 0.212 e. The van der Waals surface area contributed by atoms with Gasteiger partial charge in [-0.2, -0.15) is 5.10 Å². The number of carbonyl (C=O) groups is 1. The van der Waals surface area contributed by atoms with Crippen LogP contribution in [0, 0.1) is 6.92 Å². The molecular formula is C18H24N4O. The third kappa shape index (κ3) is 4.22. The minimum Gasteiger partial charge on any atom is -0.351 e. The SMILES string of the molecule is CC(C)(C)c1cc(NC=O)n[nH]1.Cc1ccc2c(ccn2C)c1. The number of hydrogen-bond acceptors (Lipinski definition) is 2. The van der Waals surface area contributed by atoms with Crippen molar-refractivity contribution in [2.75, 3.05) is 5.32 Å². The number of aryl methyl sites for hydroxylation is 2. The number of rotatable bonds is 2. The van der Waals surface area contributed by atoms with E-state index in [4.69, 9.17) is 0 Å². The lowest BCUT2D eigenvalue weighted by Crippen LogP contribution is -2.11. The summed E-state index contributed by atoms with van der Waals surface area (Å²) in [7, 11) is 2.07. The quantitative estimate of drug-likeness (QED) is 0.708. The zero-order valence-corrected chi connectivity index (χ0v) is 14.3. The zero-order valence-electron chi connectivity index (χ0n) is 14.3. The summed E-state index contributed by atoms with van der Waals surface area (Å²) in [5.41, 5.74) is 3.67. The van der Waals surface area contributed by atoms with Crippen molar-refractivity contribution in [3.63, 3.8) is 0 Å². The van der Waals surface area contributed by atoms with Crippen molar-refractivity contribution in [1.29, 1.82) is 0 Å². The van der Waals surface area contributed by atoms with E-state index in [1.54, 1.807) is 0 Å². The van der Waals surface area contributed by atoms with Crippen LogP contribution in [0.5, 0.6) is 0 Å². The van der Waals surface area contributed by atoms with Gasteiger partial charge in [-0.05, 0) is 30.5 Å². The average Bonchev–Trinajstić information content (AvgIpc) is 3.07. The molecule has 0 unspecified atom stereocenters. The summed E-state index contributed by atoms with van der Waals surface area (Å²) in [6.07, 6.45) is 2.70. The van der Waals surface area contributed by atoms with Gasteiger partial charge in [0, 0.05) is 35.9 Å². The maximum atomic E-state index is 10.1. The molecule has 0 radical (unpaired) electrons. The minimum atomic E-state index is 0.0375. The fraction of sp³-hybridized carbons (Fsp3) is 0.333. The van der Waals surface area contributed by atoms with Crippen LogP contribution in [0.15, 0.2) is 36.5 Å². The second-order valence-corrected chi connectivity index (χ2v) is 6.67. The number of amides is 1. The molecule has 0 spiro atoms. The van der Waals surface area contributed by atoms with Gasteiger partial charge in [0.15, 0.2) is 5.82 Å². The Morgan fingerprint density at radius 1 is 1.22 bits per heavy atom. The van der Waals surface area contributed by atoms with Crippen LogP contribution >= 0.6 is 0 Å². The summed E-state index contributed by atoms with van der Waals surface area (Å²) in [4.78, 5) is 10.1. The summed E-state index contributed by atoms with van der Waals surface area (Å²) in [5, 5.41) is 10.6. The van der Waals surface area contributed by atoms with Crippen molar-refractivity contribution < 1.29 is 4.79 Å². The van der Waals surface area contributed by atoms with Crippen LogP contribution in [-0.4, -0.2) is 21.2 Å². The molecule has 0 atom stereocenters. The lowest BCUT2D eigenvalue weighted by molar-refractivity contribution is -0.105. The number of nitrogens with zero attached hydrogens (tertiary/aromatic N) is 2. The number of fused-ring (bicyclic) bond motifs is 1. The third-order valence-electron chi connectivity index (χ3n) is 3.63. The highest BCUT2D eigenvalue weighted by Gasteiger charge is 2.16. The van der Waals surface area contributed by atoms with Crippen molar-refractivity contribution in [3.05, 3.63) is 47.8 Å². The monoisotopic (exact) mass is 312 g/mol. The Morgan fingerprint density at radius 3 is 2.57 bits per heavy atom. The summed E-state index contributed by atoms with van der Waals surface area (Å²) < 4.78 is 2.13. The van der Waals surface area contributed by atoms with Crippen LogP contribution in [0.25, 0.3) is 10.9 Å². The number of H-pyrrole nitrogens is 1. The van der Waals surface area contributed by atoms with Crippen molar-refractivity contribution in [3.8, 4) is 0 Å². The van der Waals surface area contributed by atoms with Gasteiger partial charge in [-0.3, -0.25) is 9.89 Å². The molecule has 0 aliphatic heterocycles. The minimum absolute atomic E-state index is 0.0375. The maximum Gasteiger partial charge on any atom is 0.212 e. The van der Waals surface area contributed by atoms with E-state index >= 15 is 0 Å². The number of aromatic nitrogens is 3. The van der Waals surface area contributed by atoms with Gasteiger partial charge in [0.1, 0.15) is 0 Å². The molecule has 23 heavy (non-hydrogen) atoms. The zero-order chi connectivity index (χ0) is 17.0. The van der Waals surface area contributed by atoms with Crippen molar-refractivity contribution >= 4 is 23.1 Å². The number of nitrogens with one attached hydrogen (secondary N) is 2. The fourth-order valence-electron chi connectivity index (χ4n) is 2.24. The topological polar surface area (TPSA) is 62.7 Å². The van der Waals surface area contributed by atoms with Crippen LogP contribution in [0.3, 0.4) is 0 Å². The molecular weight excluding hydrogens is 288 g/mol. The number of carbonyl (C=O) groups excluding carboxylic acids is 1. The first-order valence-corrected chi connectivity index (χ1v) is 7.59. The molecule has 5 heteroatoms. The van der Waals surface area contributed by atoms with E-state index in [1.165, 1.54) is 16.5 Å². The average molecular weight is 312 g/mol. The normalized spacial score (nSPS) is 11.0. The third-order valence-corrected chi connectivity index (χ3v) is 3.63. The molecule has 3 rings (SSSR count). The molecule has 5 nitrogen and oxygen atoms in total. The van der Waals surface area contributed by atoms with Gasteiger partial charge in [0.25, 0.3) is 0 Å². The van der Waals surface area contributed by atoms with E-state index in [2.05, 4.69) is 85.3 Å². The number of benzene rings is 1. The Balaban J connectivity index is 0.000000167. The van der Waals surface area contributed by atoms with E-state index in [1.807, 2.05) is 6.07 Å². The fourth-order valence-corrected chi connectivity index (χ4v) is 2.24. The molecule has 0 aliphatic rings. The molecule has 0 saturated carbocycles. The maximum absolute atomic E-state index is 10.1. The molecule has 1 amide bonds. The second kappa shape index (κ2) is 6.69.